The van der Waals surface area contributed by atoms with Gasteiger partial charge in [0.05, 0.1) is 13.1 Å². The molecule has 0 spiro atoms. The molecule has 0 saturated carbocycles. The lowest BCUT2D eigenvalue weighted by Crippen LogP contribution is -2.41. The number of ketones is 1. The second-order valence-corrected chi connectivity index (χ2v) is 8.09. The maximum atomic E-state index is 13.2. The monoisotopic (exact) mass is 498 g/mol. The average Bonchev–Trinajstić information content (AvgIpc) is 3.11. The Morgan fingerprint density at radius 2 is 1.69 bits per heavy atom. The predicted octanol–water partition coefficient (Wildman–Crippen LogP) is 3.60. The molecule has 0 amide bonds. The van der Waals surface area contributed by atoms with Crippen molar-refractivity contribution in [1.29, 1.82) is 0 Å². The van der Waals surface area contributed by atoms with Crippen LogP contribution in [0.1, 0.15) is 29.3 Å². The molecular weight excluding hydrogens is 479 g/mol. The van der Waals surface area contributed by atoms with Crippen LogP contribution >= 0.6 is 15.9 Å². The smallest absolute Gasteiger partial charge is 0.305 e. The van der Waals surface area contributed by atoms with Crippen molar-refractivity contribution in [3.05, 3.63) is 97.1 Å². The molecular formula is C23H20BrFN4O3. The Kier molecular flexibility index (Phi) is 6.18. The standard InChI is InChI=1S/C23H20BrFN4O3/c1-2-12-27-21(31)19-20(29(23(27)32)13-15-6-4-3-5-7-15)26-22(24)28(19)14-18(30)16-8-10-17(25)11-9-16/h3-11H,2,12-14H2,1H3. The number of halogens is 2. The Balaban J connectivity index is 1.88. The maximum absolute atomic E-state index is 13.2. The first-order valence-corrected chi connectivity index (χ1v) is 10.9. The molecule has 0 atom stereocenters. The van der Waals surface area contributed by atoms with Gasteiger partial charge in [-0.2, -0.15) is 0 Å². The summed E-state index contributed by atoms with van der Waals surface area (Å²) in [5, 5.41) is 0. The fourth-order valence-electron chi connectivity index (χ4n) is 3.61. The number of Topliss-reactive ketones (excluding diaryl/α,β-unsaturated/α-hetero) is 1. The molecule has 164 valence electrons. The molecule has 0 radical (unpaired) electrons. The molecule has 4 rings (SSSR count). The Labute approximate surface area is 190 Å². The quantitative estimate of drug-likeness (QED) is 0.288. The lowest BCUT2D eigenvalue weighted by Gasteiger charge is -2.12. The highest BCUT2D eigenvalue weighted by Gasteiger charge is 2.22. The molecule has 4 aromatic rings. The first-order chi connectivity index (χ1) is 15.4. The van der Waals surface area contributed by atoms with E-state index in [0.29, 0.717) is 12.0 Å². The number of imidazole rings is 1. The van der Waals surface area contributed by atoms with Gasteiger partial charge >= 0.3 is 5.69 Å². The SMILES string of the molecule is CCCn1c(=O)c2c(nc(Br)n2CC(=O)c2ccc(F)cc2)n(Cc2ccccc2)c1=O. The molecule has 0 saturated heterocycles. The molecule has 9 heteroatoms. The zero-order valence-corrected chi connectivity index (χ0v) is 18.9. The van der Waals surface area contributed by atoms with Gasteiger partial charge in [-0.15, -0.1) is 0 Å². The molecule has 7 nitrogen and oxygen atoms in total. The highest BCUT2D eigenvalue weighted by Crippen LogP contribution is 2.19. The van der Waals surface area contributed by atoms with Gasteiger partial charge in [-0.1, -0.05) is 37.3 Å². The summed E-state index contributed by atoms with van der Waals surface area (Å²) in [6.07, 6.45) is 0.593. The third-order valence-electron chi connectivity index (χ3n) is 5.17. The van der Waals surface area contributed by atoms with Crippen LogP contribution in [0.25, 0.3) is 11.2 Å². The van der Waals surface area contributed by atoms with Crippen molar-refractivity contribution in [2.45, 2.75) is 33.0 Å². The highest BCUT2D eigenvalue weighted by atomic mass is 79.9. The van der Waals surface area contributed by atoms with Gasteiger partial charge in [0.15, 0.2) is 21.7 Å². The molecule has 2 aromatic carbocycles. The minimum Gasteiger partial charge on any atom is -0.305 e. The van der Waals surface area contributed by atoms with Crippen molar-refractivity contribution in [3.63, 3.8) is 0 Å². The topological polar surface area (TPSA) is 78.9 Å². The van der Waals surface area contributed by atoms with Gasteiger partial charge in [0.1, 0.15) is 5.82 Å². The van der Waals surface area contributed by atoms with E-state index in [1.54, 1.807) is 0 Å². The molecule has 32 heavy (non-hydrogen) atoms. The summed E-state index contributed by atoms with van der Waals surface area (Å²) in [6.45, 7) is 2.17. The second kappa shape index (κ2) is 9.04. The number of rotatable bonds is 7. The van der Waals surface area contributed by atoms with E-state index in [2.05, 4.69) is 20.9 Å². The lowest BCUT2D eigenvalue weighted by molar-refractivity contribution is 0.0972. The summed E-state index contributed by atoms with van der Waals surface area (Å²) in [7, 11) is 0. The molecule has 0 fully saturated rings. The summed E-state index contributed by atoms with van der Waals surface area (Å²) in [6, 6.07) is 14.6. The van der Waals surface area contributed by atoms with Crippen LogP contribution in [0.5, 0.6) is 0 Å². The van der Waals surface area contributed by atoms with E-state index in [1.165, 1.54) is 38.0 Å². The van der Waals surface area contributed by atoms with Gasteiger partial charge < -0.3 is 4.57 Å². The number of hydrogen-bond acceptors (Lipinski definition) is 4. The van der Waals surface area contributed by atoms with Gasteiger partial charge in [-0.25, -0.2) is 14.2 Å². The van der Waals surface area contributed by atoms with E-state index in [-0.39, 0.29) is 41.3 Å². The number of fused-ring (bicyclic) bond motifs is 1. The molecule has 2 aromatic heterocycles. The van der Waals surface area contributed by atoms with E-state index in [9.17, 15) is 18.8 Å². The van der Waals surface area contributed by atoms with Gasteiger partial charge in [0, 0.05) is 12.1 Å². The van der Waals surface area contributed by atoms with Crippen LogP contribution in [0.4, 0.5) is 4.39 Å². The van der Waals surface area contributed by atoms with Gasteiger partial charge in [0.25, 0.3) is 5.56 Å². The summed E-state index contributed by atoms with van der Waals surface area (Å²) in [4.78, 5) is 43.6. The number of carbonyl (C=O) groups excluding carboxylic acids is 1. The summed E-state index contributed by atoms with van der Waals surface area (Å²) >= 11 is 3.34. The fraction of sp³-hybridized carbons (Fsp3) is 0.217. The molecule has 0 aliphatic heterocycles. The van der Waals surface area contributed by atoms with E-state index >= 15 is 0 Å². The number of aromatic nitrogens is 4. The summed E-state index contributed by atoms with van der Waals surface area (Å²) in [5.41, 5.74) is 0.611. The fourth-order valence-corrected chi connectivity index (χ4v) is 4.08. The lowest BCUT2D eigenvalue weighted by atomic mass is 10.1. The zero-order chi connectivity index (χ0) is 22.8. The normalized spacial score (nSPS) is 11.2. The molecule has 0 N–H and O–H groups in total. The third kappa shape index (κ3) is 4.08. The average molecular weight is 499 g/mol. The molecule has 0 aliphatic carbocycles. The van der Waals surface area contributed by atoms with Crippen molar-refractivity contribution in [2.24, 2.45) is 0 Å². The van der Waals surface area contributed by atoms with Gasteiger partial charge in [0.2, 0.25) is 0 Å². The Morgan fingerprint density at radius 3 is 2.34 bits per heavy atom. The summed E-state index contributed by atoms with van der Waals surface area (Å²) in [5.74, 6) is -0.754. The van der Waals surface area contributed by atoms with Crippen LogP contribution in [0.3, 0.4) is 0 Å². The van der Waals surface area contributed by atoms with Crippen LogP contribution in [0.15, 0.2) is 68.9 Å². The third-order valence-corrected chi connectivity index (χ3v) is 5.77. The number of nitrogens with zero attached hydrogens (tertiary/aromatic N) is 4. The molecule has 0 unspecified atom stereocenters. The van der Waals surface area contributed by atoms with Crippen molar-refractivity contribution in [1.82, 2.24) is 18.7 Å². The largest absolute Gasteiger partial charge is 0.333 e. The van der Waals surface area contributed by atoms with Crippen molar-refractivity contribution in [3.8, 4) is 0 Å². The zero-order valence-electron chi connectivity index (χ0n) is 17.3. The number of hydrogen-bond donors (Lipinski definition) is 0. The Hall–Kier alpha value is -3.33. The van der Waals surface area contributed by atoms with Crippen LogP contribution in [-0.4, -0.2) is 24.5 Å². The highest BCUT2D eigenvalue weighted by molar-refractivity contribution is 9.10. The van der Waals surface area contributed by atoms with Crippen LogP contribution < -0.4 is 11.2 Å². The second-order valence-electron chi connectivity index (χ2n) is 7.38. The Bertz CT molecular complexity index is 1410. The van der Waals surface area contributed by atoms with Gasteiger partial charge in [-0.3, -0.25) is 18.7 Å². The van der Waals surface area contributed by atoms with E-state index in [1.807, 2.05) is 37.3 Å². The molecule has 0 bridgehead atoms. The van der Waals surface area contributed by atoms with Crippen LogP contribution in [0.2, 0.25) is 0 Å². The van der Waals surface area contributed by atoms with Crippen molar-refractivity contribution < 1.29 is 9.18 Å². The van der Waals surface area contributed by atoms with Crippen LogP contribution in [-0.2, 0) is 19.6 Å². The van der Waals surface area contributed by atoms with Crippen molar-refractivity contribution >= 4 is 32.9 Å². The first-order valence-electron chi connectivity index (χ1n) is 10.1. The first kappa shape index (κ1) is 21.9. The Morgan fingerprint density at radius 1 is 1.00 bits per heavy atom. The number of benzene rings is 2. The van der Waals surface area contributed by atoms with E-state index in [4.69, 9.17) is 0 Å². The van der Waals surface area contributed by atoms with Gasteiger partial charge in [-0.05, 0) is 52.2 Å². The van der Waals surface area contributed by atoms with E-state index < -0.39 is 17.1 Å². The predicted molar refractivity (Wildman–Crippen MR) is 123 cm³/mol. The van der Waals surface area contributed by atoms with E-state index in [0.717, 1.165) is 5.56 Å². The molecule has 0 aliphatic rings. The minimum absolute atomic E-state index is 0.163. The minimum atomic E-state index is -0.499. The van der Waals surface area contributed by atoms with Crippen LogP contribution in [0, 0.1) is 5.82 Å². The maximum Gasteiger partial charge on any atom is 0.333 e. The number of carbonyl (C=O) groups is 1. The molecule has 2 heterocycles. The summed E-state index contributed by atoms with van der Waals surface area (Å²) < 4.78 is 17.6. The van der Waals surface area contributed by atoms with Crippen molar-refractivity contribution in [2.75, 3.05) is 0 Å².